The van der Waals surface area contributed by atoms with E-state index in [4.69, 9.17) is 14.6 Å². The van der Waals surface area contributed by atoms with Gasteiger partial charge in [-0.1, -0.05) is 0 Å². The number of hydrogen-bond donors (Lipinski definition) is 4. The lowest BCUT2D eigenvalue weighted by atomic mass is 9.81. The molecule has 1 aromatic carbocycles. The minimum absolute atomic E-state index is 0.0655. The zero-order chi connectivity index (χ0) is 25.5. The first-order valence-corrected chi connectivity index (χ1v) is 12.5. The molecule has 1 saturated carbocycles. The van der Waals surface area contributed by atoms with Crippen molar-refractivity contribution in [2.45, 2.75) is 71.8 Å². The van der Waals surface area contributed by atoms with E-state index in [0.717, 1.165) is 24.1 Å². The monoisotopic (exact) mass is 547 g/mol. The van der Waals surface area contributed by atoms with Crippen LogP contribution in [-0.2, 0) is 6.54 Å². The van der Waals surface area contributed by atoms with Crippen molar-refractivity contribution in [3.63, 3.8) is 0 Å². The summed E-state index contributed by atoms with van der Waals surface area (Å²) in [5, 5.41) is 14.4. The molecule has 1 aliphatic heterocycles. The summed E-state index contributed by atoms with van der Waals surface area (Å²) in [7, 11) is 0. The molecule has 9 nitrogen and oxygen atoms in total. The lowest BCUT2D eigenvalue weighted by Gasteiger charge is -2.37. The lowest BCUT2D eigenvalue weighted by Crippen LogP contribution is -2.47. The number of H-pyrrole nitrogens is 1. The number of pyridine rings is 1. The number of aryl methyl sites for hydroxylation is 2. The van der Waals surface area contributed by atoms with Gasteiger partial charge in [0.2, 0.25) is 0 Å². The summed E-state index contributed by atoms with van der Waals surface area (Å²) in [6, 6.07) is 3.51. The van der Waals surface area contributed by atoms with Crippen molar-refractivity contribution in [3.05, 3.63) is 54.9 Å². The van der Waals surface area contributed by atoms with Crippen LogP contribution >= 0.6 is 15.9 Å². The van der Waals surface area contributed by atoms with E-state index in [1.54, 1.807) is 6.07 Å². The zero-order valence-corrected chi connectivity index (χ0v) is 21.8. The molecule has 188 valence electrons. The topological polar surface area (TPSA) is 130 Å². The predicted octanol–water partition coefficient (Wildman–Crippen LogP) is 4.31. The molecule has 1 fully saturated rings. The second-order valence-corrected chi connectivity index (χ2v) is 10.4. The average molecular weight is 548 g/mol. The maximum Gasteiger partial charge on any atom is 0.404 e. The van der Waals surface area contributed by atoms with Crippen molar-refractivity contribution in [2.75, 3.05) is 0 Å². The summed E-state index contributed by atoms with van der Waals surface area (Å²) in [6.07, 6.45) is 1.92. The highest BCUT2D eigenvalue weighted by atomic mass is 79.9. The highest BCUT2D eigenvalue weighted by Crippen LogP contribution is 2.51. The molecule has 0 unspecified atom stereocenters. The van der Waals surface area contributed by atoms with Crippen molar-refractivity contribution in [1.82, 2.24) is 15.6 Å². The van der Waals surface area contributed by atoms with Crippen LogP contribution in [0.2, 0.25) is 0 Å². The van der Waals surface area contributed by atoms with Crippen LogP contribution in [0.25, 0.3) is 0 Å². The fraction of sp³-hybridized carbons (Fsp3) is 0.480. The highest BCUT2D eigenvalue weighted by molar-refractivity contribution is 9.10. The molecule has 10 heteroatoms. The van der Waals surface area contributed by atoms with Gasteiger partial charge in [-0.3, -0.25) is 9.59 Å². The van der Waals surface area contributed by atoms with E-state index in [1.165, 1.54) is 0 Å². The largest absolute Gasteiger partial charge is 0.465 e. The molecule has 1 aliphatic carbocycles. The minimum atomic E-state index is -1.01. The Morgan fingerprint density at radius 3 is 2.43 bits per heavy atom. The van der Waals surface area contributed by atoms with E-state index in [1.807, 2.05) is 33.8 Å². The Hall–Kier alpha value is -3.01. The minimum Gasteiger partial charge on any atom is -0.465 e. The van der Waals surface area contributed by atoms with Gasteiger partial charge in [0.15, 0.2) is 11.5 Å². The molecule has 0 bridgehead atoms. The molecule has 35 heavy (non-hydrogen) atoms. The molecule has 2 heterocycles. The SMILES string of the molecule is Cc1cc(C)c(CNC(=O)c2cc(Br)c3c(c2C)O[C@@](C)([C@H]2CC[C@H](NC(=O)O)CC2)O3)c(=O)[nH]1. The van der Waals surface area contributed by atoms with Crippen LogP contribution in [0, 0.1) is 26.7 Å². The van der Waals surface area contributed by atoms with Crippen molar-refractivity contribution < 1.29 is 24.2 Å². The molecule has 1 aromatic heterocycles. The van der Waals surface area contributed by atoms with Crippen LogP contribution in [0.1, 0.15) is 65.3 Å². The second-order valence-electron chi connectivity index (χ2n) is 9.53. The Morgan fingerprint density at radius 1 is 1.14 bits per heavy atom. The van der Waals surface area contributed by atoms with Gasteiger partial charge in [-0.05, 0) is 80.1 Å². The number of ether oxygens (including phenoxy) is 2. The van der Waals surface area contributed by atoms with Gasteiger partial charge in [0.1, 0.15) is 0 Å². The smallest absolute Gasteiger partial charge is 0.404 e. The van der Waals surface area contributed by atoms with Gasteiger partial charge in [0.05, 0.1) is 4.47 Å². The molecular weight excluding hydrogens is 518 g/mol. The van der Waals surface area contributed by atoms with Gasteiger partial charge in [-0.2, -0.15) is 0 Å². The van der Waals surface area contributed by atoms with Crippen molar-refractivity contribution in [1.29, 1.82) is 0 Å². The third-order valence-electron chi connectivity index (χ3n) is 7.01. The predicted molar refractivity (Wildman–Crippen MR) is 133 cm³/mol. The van der Waals surface area contributed by atoms with Crippen LogP contribution in [0.4, 0.5) is 4.79 Å². The summed E-state index contributed by atoms with van der Waals surface area (Å²) < 4.78 is 13.2. The molecule has 4 rings (SSSR count). The lowest BCUT2D eigenvalue weighted by molar-refractivity contribution is -0.121. The van der Waals surface area contributed by atoms with Crippen LogP contribution in [0.5, 0.6) is 11.5 Å². The van der Waals surface area contributed by atoms with Crippen molar-refractivity contribution in [2.24, 2.45) is 5.92 Å². The number of carbonyl (C=O) groups is 2. The number of carboxylic acid groups (broad SMARTS) is 1. The summed E-state index contributed by atoms with van der Waals surface area (Å²) in [5.74, 6) is -0.0877. The summed E-state index contributed by atoms with van der Waals surface area (Å²) in [6.45, 7) is 7.47. The number of halogens is 1. The number of fused-ring (bicyclic) bond motifs is 1. The van der Waals surface area contributed by atoms with Crippen LogP contribution < -0.4 is 25.7 Å². The number of amides is 2. The van der Waals surface area contributed by atoms with Gasteiger partial charge >= 0.3 is 6.09 Å². The number of rotatable bonds is 5. The molecule has 0 radical (unpaired) electrons. The number of carbonyl (C=O) groups excluding carboxylic acids is 1. The maximum atomic E-state index is 13.1. The third-order valence-corrected chi connectivity index (χ3v) is 7.60. The van der Waals surface area contributed by atoms with Crippen molar-refractivity contribution in [3.8, 4) is 11.5 Å². The molecule has 2 aromatic rings. The standard InChI is InChI=1S/C25H30BrN3O6/c1-12-9-13(2)28-23(31)18(12)11-27-22(30)17-10-19(26)21-20(14(17)3)34-25(4,35-21)15-5-7-16(8-6-15)29-24(32)33/h9-10,15-16,29H,5-8,11H2,1-4H3,(H,27,30)(H,28,31)(H,32,33)/t15-,16-,25-/m1/s1. The maximum absolute atomic E-state index is 13.1. The summed E-state index contributed by atoms with van der Waals surface area (Å²) in [5.41, 5.74) is 2.98. The number of hydrogen-bond acceptors (Lipinski definition) is 5. The average Bonchev–Trinajstić information content (AvgIpc) is 3.15. The number of benzene rings is 1. The van der Waals surface area contributed by atoms with E-state index < -0.39 is 11.9 Å². The van der Waals surface area contributed by atoms with Crippen LogP contribution in [0.3, 0.4) is 0 Å². The Labute approximate surface area is 211 Å². The van der Waals surface area contributed by atoms with Crippen LogP contribution in [-0.4, -0.2) is 33.9 Å². The molecular formula is C25H30BrN3O6. The molecule has 0 saturated heterocycles. The molecule has 2 aliphatic rings. The van der Waals surface area contributed by atoms with E-state index >= 15 is 0 Å². The first kappa shape index (κ1) is 25.1. The first-order chi connectivity index (χ1) is 16.5. The third kappa shape index (κ3) is 5.03. The normalized spacial score (nSPS) is 23.1. The molecule has 0 spiro atoms. The highest BCUT2D eigenvalue weighted by Gasteiger charge is 2.47. The van der Waals surface area contributed by atoms with E-state index in [9.17, 15) is 14.4 Å². The first-order valence-electron chi connectivity index (χ1n) is 11.7. The quantitative estimate of drug-likeness (QED) is 0.441. The van der Waals surface area contributed by atoms with Gasteiger partial charge in [0, 0.05) is 47.8 Å². The molecule has 2 amide bonds. The fourth-order valence-electron chi connectivity index (χ4n) is 5.05. The number of aromatic nitrogens is 1. The van der Waals surface area contributed by atoms with Gasteiger partial charge in [0.25, 0.3) is 17.3 Å². The van der Waals surface area contributed by atoms with Gasteiger partial charge in [-0.15, -0.1) is 0 Å². The second kappa shape index (κ2) is 9.56. The van der Waals surface area contributed by atoms with Gasteiger partial charge < -0.3 is 30.2 Å². The van der Waals surface area contributed by atoms with E-state index in [2.05, 4.69) is 31.5 Å². The Bertz CT molecular complexity index is 1230. The van der Waals surface area contributed by atoms with Crippen molar-refractivity contribution >= 4 is 27.9 Å². The number of nitrogens with one attached hydrogen (secondary N) is 3. The Morgan fingerprint density at radius 2 is 1.80 bits per heavy atom. The molecule has 4 N–H and O–H groups in total. The fourth-order valence-corrected chi connectivity index (χ4v) is 5.54. The van der Waals surface area contributed by atoms with Gasteiger partial charge in [-0.25, -0.2) is 4.79 Å². The Kier molecular flexibility index (Phi) is 6.86. The number of aromatic amines is 1. The Balaban J connectivity index is 1.49. The summed E-state index contributed by atoms with van der Waals surface area (Å²) >= 11 is 3.52. The van der Waals surface area contributed by atoms with E-state index in [-0.39, 0.29) is 30.0 Å². The molecule has 1 atom stereocenters. The summed E-state index contributed by atoms with van der Waals surface area (Å²) in [4.78, 5) is 39.1. The van der Waals surface area contributed by atoms with E-state index in [0.29, 0.717) is 45.5 Å². The van der Waals surface area contributed by atoms with Crippen LogP contribution in [0.15, 0.2) is 21.4 Å². The zero-order valence-electron chi connectivity index (χ0n) is 20.2.